The van der Waals surface area contributed by atoms with Crippen molar-refractivity contribution in [3.63, 3.8) is 0 Å². The van der Waals surface area contributed by atoms with E-state index in [4.69, 9.17) is 9.97 Å². The molecule has 1 aliphatic rings. The molecule has 0 saturated carbocycles. The van der Waals surface area contributed by atoms with Gasteiger partial charge in [-0.1, -0.05) is 23.8 Å². The number of hydrogen-bond acceptors (Lipinski definition) is 5. The molecule has 0 atom stereocenters. The van der Waals surface area contributed by atoms with Crippen molar-refractivity contribution in [1.29, 1.82) is 0 Å². The van der Waals surface area contributed by atoms with Gasteiger partial charge in [-0.15, -0.1) is 0 Å². The number of para-hydroxylation sites is 1. The summed E-state index contributed by atoms with van der Waals surface area (Å²) >= 11 is 0. The number of nitrogens with one attached hydrogen (secondary N) is 2. The Morgan fingerprint density at radius 3 is 2.77 bits per heavy atom. The molecule has 0 amide bonds. The summed E-state index contributed by atoms with van der Waals surface area (Å²) in [4.78, 5) is 27.4. The van der Waals surface area contributed by atoms with Gasteiger partial charge in [0.2, 0.25) is 0 Å². The Morgan fingerprint density at radius 2 is 1.93 bits per heavy atom. The predicted octanol–water partition coefficient (Wildman–Crippen LogP) is 4.41. The van der Waals surface area contributed by atoms with Crippen LogP contribution in [0.15, 0.2) is 42.5 Å². The lowest BCUT2D eigenvalue weighted by atomic mass is 10.1. The molecule has 6 heteroatoms. The van der Waals surface area contributed by atoms with Crippen LogP contribution < -0.4 is 5.32 Å². The first-order chi connectivity index (χ1) is 14.7. The molecule has 6 nitrogen and oxygen atoms in total. The smallest absolute Gasteiger partial charge is 0.179 e. The summed E-state index contributed by atoms with van der Waals surface area (Å²) in [6.45, 7) is 6.20. The Balaban J connectivity index is 1.56. The van der Waals surface area contributed by atoms with E-state index < -0.39 is 0 Å². The highest BCUT2D eigenvalue weighted by molar-refractivity contribution is 6.04. The molecule has 5 rings (SSSR count). The third-order valence-electron chi connectivity index (χ3n) is 5.86. The van der Waals surface area contributed by atoms with Crippen LogP contribution in [0.5, 0.6) is 0 Å². The first-order valence-corrected chi connectivity index (χ1v) is 10.5. The SMILES string of the molecule is Cc1ccc2[nH]c(-c3nc(NCCN4CCCC4)c4ccccc4n3)c(C=O)c2c1. The minimum Gasteiger partial charge on any atom is -0.368 e. The lowest BCUT2D eigenvalue weighted by molar-refractivity contribution is 0.112. The van der Waals surface area contributed by atoms with Gasteiger partial charge in [-0.05, 0) is 57.1 Å². The molecule has 0 aliphatic carbocycles. The number of carbonyl (C=O) groups is 1. The normalized spacial score (nSPS) is 14.6. The van der Waals surface area contributed by atoms with Crippen LogP contribution in [0.2, 0.25) is 0 Å². The molecule has 0 radical (unpaired) electrons. The molecule has 3 heterocycles. The molecule has 1 saturated heterocycles. The van der Waals surface area contributed by atoms with Crippen molar-refractivity contribution in [3.8, 4) is 11.5 Å². The van der Waals surface area contributed by atoms with Gasteiger partial charge in [-0.3, -0.25) is 4.79 Å². The molecule has 0 unspecified atom stereocenters. The fourth-order valence-electron chi connectivity index (χ4n) is 4.29. The van der Waals surface area contributed by atoms with Crippen LogP contribution in [0.25, 0.3) is 33.3 Å². The maximum absolute atomic E-state index is 12.0. The van der Waals surface area contributed by atoms with E-state index in [2.05, 4.69) is 15.2 Å². The predicted molar refractivity (Wildman–Crippen MR) is 121 cm³/mol. The van der Waals surface area contributed by atoms with E-state index >= 15 is 0 Å². The number of likely N-dealkylation sites (tertiary alicyclic amines) is 1. The Hall–Kier alpha value is -3.25. The fraction of sp³-hybridized carbons (Fsp3) is 0.292. The van der Waals surface area contributed by atoms with Crippen molar-refractivity contribution < 1.29 is 4.79 Å². The highest BCUT2D eigenvalue weighted by Crippen LogP contribution is 2.30. The van der Waals surface area contributed by atoms with Crippen molar-refractivity contribution >= 4 is 33.9 Å². The number of benzene rings is 2. The molecule has 1 aliphatic heterocycles. The van der Waals surface area contributed by atoms with Crippen molar-refractivity contribution in [2.75, 3.05) is 31.5 Å². The third kappa shape index (κ3) is 3.44. The van der Waals surface area contributed by atoms with Crippen molar-refractivity contribution in [3.05, 3.63) is 53.6 Å². The highest BCUT2D eigenvalue weighted by atomic mass is 16.1. The lowest BCUT2D eigenvalue weighted by Crippen LogP contribution is -2.26. The number of carbonyl (C=O) groups excluding carboxylic acids is 1. The Morgan fingerprint density at radius 1 is 1.10 bits per heavy atom. The number of fused-ring (bicyclic) bond motifs is 2. The van der Waals surface area contributed by atoms with Gasteiger partial charge in [0, 0.05) is 29.4 Å². The van der Waals surface area contributed by atoms with Gasteiger partial charge in [0.15, 0.2) is 12.1 Å². The highest BCUT2D eigenvalue weighted by Gasteiger charge is 2.18. The summed E-state index contributed by atoms with van der Waals surface area (Å²) in [6.07, 6.45) is 3.47. The van der Waals surface area contributed by atoms with E-state index in [1.54, 1.807) is 0 Å². The molecule has 0 spiro atoms. The lowest BCUT2D eigenvalue weighted by Gasteiger charge is -2.16. The average molecular weight is 399 g/mol. The van der Waals surface area contributed by atoms with Gasteiger partial charge >= 0.3 is 0 Å². The van der Waals surface area contributed by atoms with Crippen molar-refractivity contribution in [1.82, 2.24) is 19.9 Å². The summed E-state index contributed by atoms with van der Waals surface area (Å²) in [7, 11) is 0. The Bertz CT molecular complexity index is 1220. The van der Waals surface area contributed by atoms with Crippen LogP contribution in [-0.4, -0.2) is 52.3 Å². The summed E-state index contributed by atoms with van der Waals surface area (Å²) < 4.78 is 0. The molecule has 0 bridgehead atoms. The maximum Gasteiger partial charge on any atom is 0.179 e. The molecule has 2 aromatic heterocycles. The number of aryl methyl sites for hydroxylation is 1. The Labute approximate surface area is 175 Å². The van der Waals surface area contributed by atoms with E-state index in [9.17, 15) is 4.79 Å². The zero-order valence-corrected chi connectivity index (χ0v) is 17.1. The van der Waals surface area contributed by atoms with Gasteiger partial charge in [-0.2, -0.15) is 0 Å². The topological polar surface area (TPSA) is 73.9 Å². The number of hydrogen-bond donors (Lipinski definition) is 2. The second-order valence-electron chi connectivity index (χ2n) is 7.97. The largest absolute Gasteiger partial charge is 0.368 e. The average Bonchev–Trinajstić information content (AvgIpc) is 3.40. The molecule has 30 heavy (non-hydrogen) atoms. The van der Waals surface area contributed by atoms with Gasteiger partial charge in [0.1, 0.15) is 5.82 Å². The summed E-state index contributed by atoms with van der Waals surface area (Å²) in [5.41, 5.74) is 4.15. The van der Waals surface area contributed by atoms with Gasteiger partial charge in [-0.25, -0.2) is 9.97 Å². The van der Waals surface area contributed by atoms with Crippen LogP contribution in [0.1, 0.15) is 28.8 Å². The minimum atomic E-state index is 0.535. The van der Waals surface area contributed by atoms with E-state index in [-0.39, 0.29) is 0 Å². The Kier molecular flexibility index (Phi) is 4.93. The van der Waals surface area contributed by atoms with E-state index in [1.165, 1.54) is 25.9 Å². The summed E-state index contributed by atoms with van der Waals surface area (Å²) in [5.74, 6) is 1.34. The number of aromatic nitrogens is 3. The van der Waals surface area contributed by atoms with E-state index in [1.807, 2.05) is 49.4 Å². The molecule has 152 valence electrons. The molecule has 4 aromatic rings. The van der Waals surface area contributed by atoms with Crippen LogP contribution in [0.4, 0.5) is 5.82 Å². The summed E-state index contributed by atoms with van der Waals surface area (Å²) in [6, 6.07) is 14.0. The molecular weight excluding hydrogens is 374 g/mol. The first-order valence-electron chi connectivity index (χ1n) is 10.5. The second-order valence-corrected chi connectivity index (χ2v) is 7.97. The molecule has 2 aromatic carbocycles. The zero-order valence-electron chi connectivity index (χ0n) is 17.1. The number of rotatable bonds is 6. The molecule has 2 N–H and O–H groups in total. The number of nitrogens with zero attached hydrogens (tertiary/aromatic N) is 3. The number of aromatic amines is 1. The number of anilines is 1. The second kappa shape index (κ2) is 7.88. The van der Waals surface area contributed by atoms with Crippen LogP contribution in [0, 0.1) is 6.92 Å². The van der Waals surface area contributed by atoms with E-state index in [0.717, 1.165) is 52.6 Å². The fourth-order valence-corrected chi connectivity index (χ4v) is 4.29. The minimum absolute atomic E-state index is 0.535. The third-order valence-corrected chi connectivity index (χ3v) is 5.86. The van der Waals surface area contributed by atoms with Gasteiger partial charge in [0.05, 0.1) is 16.8 Å². The molecular formula is C24H25N5O. The first kappa shape index (κ1) is 18.8. The van der Waals surface area contributed by atoms with Crippen molar-refractivity contribution in [2.45, 2.75) is 19.8 Å². The van der Waals surface area contributed by atoms with E-state index in [0.29, 0.717) is 17.1 Å². The zero-order chi connectivity index (χ0) is 20.5. The number of aldehydes is 1. The van der Waals surface area contributed by atoms with Crippen LogP contribution >= 0.6 is 0 Å². The van der Waals surface area contributed by atoms with Crippen LogP contribution in [0.3, 0.4) is 0 Å². The molecule has 1 fully saturated rings. The standard InChI is InChI=1S/C24H25N5O/c1-16-8-9-21-18(14-16)19(15-30)22(26-21)24-27-20-7-3-2-6-17(20)23(28-24)25-10-13-29-11-4-5-12-29/h2-3,6-9,14-15,26H,4-5,10-13H2,1H3,(H,25,27,28). The summed E-state index contributed by atoms with van der Waals surface area (Å²) in [5, 5.41) is 5.40. The van der Waals surface area contributed by atoms with Gasteiger partial charge in [0.25, 0.3) is 0 Å². The van der Waals surface area contributed by atoms with Crippen molar-refractivity contribution in [2.24, 2.45) is 0 Å². The monoisotopic (exact) mass is 399 g/mol. The quantitative estimate of drug-likeness (QED) is 0.470. The maximum atomic E-state index is 12.0. The van der Waals surface area contributed by atoms with Gasteiger partial charge < -0.3 is 15.2 Å². The number of H-pyrrole nitrogens is 1. The van der Waals surface area contributed by atoms with Crippen LogP contribution in [-0.2, 0) is 0 Å².